The summed E-state index contributed by atoms with van der Waals surface area (Å²) in [5, 5.41) is 8.38. The van der Waals surface area contributed by atoms with E-state index >= 15 is 0 Å². The molecule has 7 heteroatoms. The van der Waals surface area contributed by atoms with Crippen LogP contribution in [0.25, 0.3) is 0 Å². The third-order valence-electron chi connectivity index (χ3n) is 2.23. The molecule has 84 valence electrons. The minimum absolute atomic E-state index is 0.214. The lowest BCUT2D eigenvalue weighted by molar-refractivity contribution is 0.0996. The first-order chi connectivity index (χ1) is 7.41. The second-order valence-corrected chi connectivity index (χ2v) is 3.22. The molecule has 1 aromatic rings. The predicted octanol–water partition coefficient (Wildman–Crippen LogP) is -1.24. The molecule has 0 unspecified atom stereocenters. The molecule has 0 saturated heterocycles. The molecule has 0 saturated carbocycles. The van der Waals surface area contributed by atoms with Crippen LogP contribution in [0.3, 0.4) is 0 Å². The molecule has 1 heterocycles. The van der Waals surface area contributed by atoms with Crippen LogP contribution in [0.15, 0.2) is 9.59 Å². The summed E-state index contributed by atoms with van der Waals surface area (Å²) in [6.45, 7) is 0. The summed E-state index contributed by atoms with van der Waals surface area (Å²) in [5.41, 5.74) is 3.80. The molecule has 16 heavy (non-hydrogen) atoms. The summed E-state index contributed by atoms with van der Waals surface area (Å²) in [6, 6.07) is 1.63. The molecular weight excluding hydrogens is 212 g/mol. The maximum Gasteiger partial charge on any atom is 0.332 e. The van der Waals surface area contributed by atoms with E-state index in [0.717, 1.165) is 9.13 Å². The Labute approximate surface area is 90.3 Å². The van der Waals surface area contributed by atoms with E-state index in [2.05, 4.69) is 0 Å². The highest BCUT2D eigenvalue weighted by Crippen LogP contribution is 2.05. The first kappa shape index (κ1) is 11.7. The van der Waals surface area contributed by atoms with Crippen LogP contribution in [0.4, 0.5) is 5.82 Å². The van der Waals surface area contributed by atoms with Crippen LogP contribution in [0.2, 0.25) is 0 Å². The number of nitrogens with zero attached hydrogens (tertiary/aromatic N) is 3. The Morgan fingerprint density at radius 1 is 1.38 bits per heavy atom. The molecule has 0 aliphatic heterocycles. The third-order valence-corrected chi connectivity index (χ3v) is 2.23. The van der Waals surface area contributed by atoms with E-state index < -0.39 is 23.5 Å². The fraction of sp³-hybridized carbons (Fsp3) is 0.333. The van der Waals surface area contributed by atoms with Crippen molar-refractivity contribution in [1.29, 1.82) is 5.26 Å². The molecular formula is C9H10N4O3. The Bertz CT molecular complexity index is 603. The fourth-order valence-electron chi connectivity index (χ4n) is 1.28. The van der Waals surface area contributed by atoms with Crippen LogP contribution in [0, 0.1) is 11.3 Å². The Morgan fingerprint density at radius 2 is 1.94 bits per heavy atom. The molecule has 1 aromatic heterocycles. The zero-order chi connectivity index (χ0) is 12.5. The van der Waals surface area contributed by atoms with Gasteiger partial charge in [0.1, 0.15) is 11.4 Å². The number of nitrogen functional groups attached to an aromatic ring is 1. The third kappa shape index (κ3) is 1.61. The van der Waals surface area contributed by atoms with E-state index in [9.17, 15) is 14.4 Å². The van der Waals surface area contributed by atoms with Crippen molar-refractivity contribution in [3.05, 3.63) is 26.4 Å². The number of nitriles is 1. The lowest BCUT2D eigenvalue weighted by Crippen LogP contribution is -2.41. The topological polar surface area (TPSA) is 111 Å². The van der Waals surface area contributed by atoms with Crippen molar-refractivity contribution in [3.8, 4) is 6.07 Å². The maximum absolute atomic E-state index is 11.6. The number of carbonyl (C=O) groups is 1. The smallest absolute Gasteiger partial charge is 0.332 e. The summed E-state index contributed by atoms with van der Waals surface area (Å²) >= 11 is 0. The van der Waals surface area contributed by atoms with E-state index in [1.165, 1.54) is 14.1 Å². The highest BCUT2D eigenvalue weighted by molar-refractivity contribution is 6.00. The number of ketones is 1. The van der Waals surface area contributed by atoms with E-state index in [1.807, 2.05) is 0 Å². The van der Waals surface area contributed by atoms with Gasteiger partial charge >= 0.3 is 5.69 Å². The van der Waals surface area contributed by atoms with Crippen LogP contribution in [0.1, 0.15) is 16.8 Å². The number of aromatic nitrogens is 2. The van der Waals surface area contributed by atoms with Gasteiger partial charge < -0.3 is 5.73 Å². The van der Waals surface area contributed by atoms with E-state index in [4.69, 9.17) is 11.0 Å². The summed E-state index contributed by atoms with van der Waals surface area (Å²) in [5.74, 6) is -0.899. The summed E-state index contributed by atoms with van der Waals surface area (Å²) in [7, 11) is 2.59. The zero-order valence-corrected chi connectivity index (χ0v) is 8.85. The number of carbonyl (C=O) groups excluding carboxylic acids is 1. The molecule has 2 N–H and O–H groups in total. The van der Waals surface area contributed by atoms with Crippen molar-refractivity contribution in [2.45, 2.75) is 6.42 Å². The van der Waals surface area contributed by atoms with Gasteiger partial charge in [0.2, 0.25) is 0 Å². The number of hydrogen-bond acceptors (Lipinski definition) is 5. The second-order valence-electron chi connectivity index (χ2n) is 3.22. The Balaban J connectivity index is 3.67. The maximum atomic E-state index is 11.6. The van der Waals surface area contributed by atoms with Gasteiger partial charge in [0.15, 0.2) is 5.78 Å². The lowest BCUT2D eigenvalue weighted by atomic mass is 10.1. The number of rotatable bonds is 2. The van der Waals surface area contributed by atoms with Gasteiger partial charge in [-0.2, -0.15) is 5.26 Å². The average Bonchev–Trinajstić information content (AvgIpc) is 2.24. The minimum atomic E-state index is -0.777. The van der Waals surface area contributed by atoms with E-state index in [1.54, 1.807) is 6.07 Å². The number of anilines is 1. The quantitative estimate of drug-likeness (QED) is 0.629. The monoisotopic (exact) mass is 222 g/mol. The minimum Gasteiger partial charge on any atom is -0.384 e. The molecule has 0 amide bonds. The predicted molar refractivity (Wildman–Crippen MR) is 55.9 cm³/mol. The highest BCUT2D eigenvalue weighted by Gasteiger charge is 2.19. The molecule has 0 aliphatic carbocycles. The van der Waals surface area contributed by atoms with Gasteiger partial charge in [0.25, 0.3) is 5.56 Å². The van der Waals surface area contributed by atoms with Crippen LogP contribution in [-0.4, -0.2) is 14.9 Å². The normalized spacial score (nSPS) is 9.81. The van der Waals surface area contributed by atoms with Crippen molar-refractivity contribution < 1.29 is 4.79 Å². The number of Topliss-reactive ketones (excluding diaryl/α,β-unsaturated/α-hetero) is 1. The molecule has 0 aliphatic rings. The van der Waals surface area contributed by atoms with Crippen LogP contribution < -0.4 is 17.0 Å². The van der Waals surface area contributed by atoms with Gasteiger partial charge in [-0.1, -0.05) is 0 Å². The van der Waals surface area contributed by atoms with Crippen LogP contribution in [-0.2, 0) is 14.1 Å². The summed E-state index contributed by atoms with van der Waals surface area (Å²) in [6.07, 6.45) is -0.447. The molecule has 1 rings (SSSR count). The van der Waals surface area contributed by atoms with E-state index in [-0.39, 0.29) is 11.4 Å². The van der Waals surface area contributed by atoms with Gasteiger partial charge in [-0.25, -0.2) is 4.79 Å². The summed E-state index contributed by atoms with van der Waals surface area (Å²) < 4.78 is 1.77. The van der Waals surface area contributed by atoms with Gasteiger partial charge in [-0.05, 0) is 0 Å². The molecule has 7 nitrogen and oxygen atoms in total. The van der Waals surface area contributed by atoms with Crippen molar-refractivity contribution in [3.63, 3.8) is 0 Å². The fourth-order valence-corrected chi connectivity index (χ4v) is 1.28. The molecule has 0 fully saturated rings. The van der Waals surface area contributed by atoms with Crippen LogP contribution in [0.5, 0.6) is 0 Å². The Morgan fingerprint density at radius 3 is 2.44 bits per heavy atom. The average molecular weight is 222 g/mol. The second kappa shape index (κ2) is 4.02. The zero-order valence-electron chi connectivity index (χ0n) is 8.85. The summed E-state index contributed by atoms with van der Waals surface area (Å²) in [4.78, 5) is 34.5. The molecule has 0 spiro atoms. The Hall–Kier alpha value is -2.36. The molecule has 0 aromatic carbocycles. The first-order valence-electron chi connectivity index (χ1n) is 4.37. The highest BCUT2D eigenvalue weighted by atomic mass is 16.2. The Kier molecular flexibility index (Phi) is 2.94. The van der Waals surface area contributed by atoms with Crippen molar-refractivity contribution in [2.24, 2.45) is 14.1 Å². The van der Waals surface area contributed by atoms with Crippen molar-refractivity contribution >= 4 is 11.6 Å². The molecule has 0 bridgehead atoms. The SMILES string of the molecule is Cn1c(N)c(C(=O)CC#N)c(=O)n(C)c1=O. The first-order valence-corrected chi connectivity index (χ1v) is 4.37. The lowest BCUT2D eigenvalue weighted by Gasteiger charge is -2.09. The van der Waals surface area contributed by atoms with Crippen molar-refractivity contribution in [2.75, 3.05) is 5.73 Å². The van der Waals surface area contributed by atoms with Gasteiger partial charge in [-0.15, -0.1) is 0 Å². The van der Waals surface area contributed by atoms with Gasteiger partial charge in [0.05, 0.1) is 12.5 Å². The molecule has 0 atom stereocenters. The van der Waals surface area contributed by atoms with Gasteiger partial charge in [0, 0.05) is 14.1 Å². The van der Waals surface area contributed by atoms with Gasteiger partial charge in [-0.3, -0.25) is 18.7 Å². The van der Waals surface area contributed by atoms with Crippen LogP contribution >= 0.6 is 0 Å². The number of nitrogens with two attached hydrogens (primary N) is 1. The number of hydrogen-bond donors (Lipinski definition) is 1. The van der Waals surface area contributed by atoms with E-state index in [0.29, 0.717) is 0 Å². The largest absolute Gasteiger partial charge is 0.384 e. The van der Waals surface area contributed by atoms with Crippen molar-refractivity contribution in [1.82, 2.24) is 9.13 Å². The standard InChI is InChI=1S/C9H10N4O3/c1-12-7(11)6(5(14)3-4-10)8(15)13(2)9(12)16/h3,11H2,1-2H3. The molecule has 0 radical (unpaired) electrons.